The number of hydrogen-bond acceptors (Lipinski definition) is 2. The lowest BCUT2D eigenvalue weighted by Crippen LogP contribution is -2.97. The highest BCUT2D eigenvalue weighted by Crippen LogP contribution is 2.27. The van der Waals surface area contributed by atoms with Crippen LogP contribution in [-0.4, -0.2) is 23.9 Å². The van der Waals surface area contributed by atoms with Crippen molar-refractivity contribution >= 4 is 23.2 Å². The Balaban J connectivity index is 1.88. The summed E-state index contributed by atoms with van der Waals surface area (Å²) in [6, 6.07) is 7.60. The fourth-order valence-corrected chi connectivity index (χ4v) is 3.45. The molecule has 5 nitrogen and oxygen atoms in total. The molecule has 0 bridgehead atoms. The number of anilines is 2. The number of quaternary nitrogens is 1. The summed E-state index contributed by atoms with van der Waals surface area (Å²) in [7, 11) is 0. The maximum atomic E-state index is 12.4. The number of nitrogens with two attached hydrogens (primary N) is 1. The predicted octanol–water partition coefficient (Wildman–Crippen LogP) is 2.36. The number of amides is 2. The lowest BCUT2D eigenvalue weighted by Gasteiger charge is -2.33. The van der Waals surface area contributed by atoms with Crippen molar-refractivity contribution in [1.29, 1.82) is 0 Å². The van der Waals surface area contributed by atoms with Gasteiger partial charge in [0, 0.05) is 24.2 Å². The number of hydrogen-bond donors (Lipinski definition) is 3. The van der Waals surface area contributed by atoms with Crippen molar-refractivity contribution in [3.05, 3.63) is 24.3 Å². The van der Waals surface area contributed by atoms with E-state index in [9.17, 15) is 9.59 Å². The summed E-state index contributed by atoms with van der Waals surface area (Å²) in [4.78, 5) is 23.4. The van der Waals surface area contributed by atoms with Crippen LogP contribution in [0.3, 0.4) is 0 Å². The second-order valence-electron chi connectivity index (χ2n) is 7.16. The number of nitrogens with one attached hydrogen (secondary N) is 2. The van der Waals surface area contributed by atoms with Crippen LogP contribution in [0.15, 0.2) is 24.3 Å². The van der Waals surface area contributed by atoms with E-state index in [1.807, 2.05) is 6.92 Å². The van der Waals surface area contributed by atoms with E-state index in [-0.39, 0.29) is 17.9 Å². The van der Waals surface area contributed by atoms with Crippen LogP contribution in [0.1, 0.15) is 47.0 Å². The Hall–Kier alpha value is -1.88. The summed E-state index contributed by atoms with van der Waals surface area (Å²) < 4.78 is 0. The fraction of sp³-hybridized carbons (Fsp3) is 0.579. The van der Waals surface area contributed by atoms with Gasteiger partial charge in [-0.15, -0.1) is 0 Å². The van der Waals surface area contributed by atoms with Crippen molar-refractivity contribution in [2.24, 2.45) is 11.8 Å². The molecule has 24 heavy (non-hydrogen) atoms. The van der Waals surface area contributed by atoms with Crippen LogP contribution in [0.2, 0.25) is 0 Å². The molecule has 1 aromatic rings. The first kappa shape index (κ1) is 18.5. The molecule has 2 amide bonds. The minimum Gasteiger partial charge on any atom is -0.334 e. The zero-order valence-electron chi connectivity index (χ0n) is 15.1. The second kappa shape index (κ2) is 8.29. The van der Waals surface area contributed by atoms with Crippen LogP contribution in [0.5, 0.6) is 0 Å². The second-order valence-corrected chi connectivity index (χ2v) is 7.16. The molecular formula is C19H30N3O2+. The normalized spacial score (nSPS) is 24.9. The quantitative estimate of drug-likeness (QED) is 0.774. The molecule has 132 valence electrons. The van der Waals surface area contributed by atoms with Crippen LogP contribution < -0.4 is 16.0 Å². The van der Waals surface area contributed by atoms with E-state index in [1.165, 1.54) is 26.2 Å². The molecule has 1 fully saturated rings. The number of carbonyl (C=O) groups is 2. The standard InChI is InChI=1S/C19H29N3O2/c1-12-6-5-7-18(13(12)2)20-14(3)19(24)22-17-10-8-16(9-11-17)21-15(4)23/h8-14,18,20H,5-7H2,1-4H3,(H,21,23)(H,22,24)/p+1/t12-,13+,14-,18-/m0/s1. The average Bonchev–Trinajstić information content (AvgIpc) is 2.53. The predicted molar refractivity (Wildman–Crippen MR) is 96.7 cm³/mol. The summed E-state index contributed by atoms with van der Waals surface area (Å²) in [5.41, 5.74) is 1.48. The molecule has 0 aromatic heterocycles. The molecule has 2 rings (SSSR count). The van der Waals surface area contributed by atoms with Crippen molar-refractivity contribution in [1.82, 2.24) is 0 Å². The summed E-state index contributed by atoms with van der Waals surface area (Å²) in [6.07, 6.45) is 3.74. The molecule has 1 aliphatic carbocycles. The largest absolute Gasteiger partial charge is 0.334 e. The van der Waals surface area contributed by atoms with Crippen molar-refractivity contribution in [3.8, 4) is 0 Å². The molecule has 0 unspecified atom stereocenters. The van der Waals surface area contributed by atoms with Crippen LogP contribution in [0, 0.1) is 11.8 Å². The SMILES string of the molecule is CC(=O)Nc1ccc(NC(=O)[C@H](C)[NH2+][C@H]2CCC[C@H](C)[C@H]2C)cc1. The zero-order valence-corrected chi connectivity index (χ0v) is 15.1. The van der Waals surface area contributed by atoms with Gasteiger partial charge in [0.05, 0.1) is 6.04 Å². The van der Waals surface area contributed by atoms with Gasteiger partial charge in [-0.1, -0.05) is 13.8 Å². The minimum absolute atomic E-state index is 0.0210. The van der Waals surface area contributed by atoms with E-state index in [1.54, 1.807) is 24.3 Å². The van der Waals surface area contributed by atoms with E-state index in [2.05, 4.69) is 29.8 Å². The van der Waals surface area contributed by atoms with E-state index in [0.29, 0.717) is 12.0 Å². The Morgan fingerprint density at radius 3 is 2.25 bits per heavy atom. The molecule has 0 radical (unpaired) electrons. The molecule has 0 saturated heterocycles. The molecular weight excluding hydrogens is 302 g/mol. The van der Waals surface area contributed by atoms with Crippen LogP contribution in [0.4, 0.5) is 11.4 Å². The van der Waals surface area contributed by atoms with Gasteiger partial charge in [0.1, 0.15) is 0 Å². The Morgan fingerprint density at radius 2 is 1.67 bits per heavy atom. The van der Waals surface area contributed by atoms with Gasteiger partial charge in [0.2, 0.25) is 5.91 Å². The summed E-state index contributed by atoms with van der Waals surface area (Å²) >= 11 is 0. The van der Waals surface area contributed by atoms with Gasteiger partial charge in [0.15, 0.2) is 6.04 Å². The molecule has 0 heterocycles. The van der Waals surface area contributed by atoms with E-state index < -0.39 is 0 Å². The Morgan fingerprint density at radius 1 is 1.08 bits per heavy atom. The third-order valence-corrected chi connectivity index (χ3v) is 5.19. The number of benzene rings is 1. The first-order chi connectivity index (χ1) is 11.4. The molecule has 1 aromatic carbocycles. The maximum absolute atomic E-state index is 12.4. The van der Waals surface area contributed by atoms with Gasteiger partial charge in [-0.25, -0.2) is 0 Å². The van der Waals surface area contributed by atoms with Crippen LogP contribution in [-0.2, 0) is 9.59 Å². The summed E-state index contributed by atoms with van der Waals surface area (Å²) in [5, 5.41) is 7.89. The highest BCUT2D eigenvalue weighted by Gasteiger charge is 2.32. The van der Waals surface area contributed by atoms with Gasteiger partial charge in [-0.3, -0.25) is 9.59 Å². The summed E-state index contributed by atoms with van der Waals surface area (Å²) in [6.45, 7) is 8.05. The van der Waals surface area contributed by atoms with Crippen molar-refractivity contribution < 1.29 is 14.9 Å². The minimum atomic E-state index is -0.113. The third kappa shape index (κ3) is 5.06. The third-order valence-electron chi connectivity index (χ3n) is 5.19. The first-order valence-electron chi connectivity index (χ1n) is 8.90. The van der Waals surface area contributed by atoms with Gasteiger partial charge >= 0.3 is 0 Å². The Labute approximate surface area is 144 Å². The van der Waals surface area contributed by atoms with E-state index in [4.69, 9.17) is 0 Å². The highest BCUT2D eigenvalue weighted by molar-refractivity contribution is 5.94. The van der Waals surface area contributed by atoms with Gasteiger partial charge < -0.3 is 16.0 Å². The zero-order chi connectivity index (χ0) is 17.7. The molecule has 4 atom stereocenters. The Kier molecular flexibility index (Phi) is 6.37. The fourth-order valence-electron chi connectivity index (χ4n) is 3.45. The van der Waals surface area contributed by atoms with Crippen LogP contribution >= 0.6 is 0 Å². The number of carbonyl (C=O) groups excluding carboxylic acids is 2. The van der Waals surface area contributed by atoms with Crippen molar-refractivity contribution in [2.45, 2.75) is 59.0 Å². The topological polar surface area (TPSA) is 74.8 Å². The lowest BCUT2D eigenvalue weighted by atomic mass is 9.78. The monoisotopic (exact) mass is 332 g/mol. The van der Waals surface area contributed by atoms with Gasteiger partial charge in [-0.2, -0.15) is 0 Å². The average molecular weight is 332 g/mol. The smallest absolute Gasteiger partial charge is 0.282 e. The molecule has 1 saturated carbocycles. The molecule has 0 spiro atoms. The highest BCUT2D eigenvalue weighted by atomic mass is 16.2. The molecule has 0 aliphatic heterocycles. The molecule has 5 heteroatoms. The van der Waals surface area contributed by atoms with Gasteiger partial charge in [0.25, 0.3) is 5.91 Å². The van der Waals surface area contributed by atoms with Crippen molar-refractivity contribution in [3.63, 3.8) is 0 Å². The molecule has 4 N–H and O–H groups in total. The van der Waals surface area contributed by atoms with Crippen LogP contribution in [0.25, 0.3) is 0 Å². The van der Waals surface area contributed by atoms with E-state index >= 15 is 0 Å². The summed E-state index contributed by atoms with van der Waals surface area (Å²) in [5.74, 6) is 1.29. The first-order valence-corrected chi connectivity index (χ1v) is 8.90. The Bertz CT molecular complexity index is 570. The molecule has 1 aliphatic rings. The lowest BCUT2D eigenvalue weighted by molar-refractivity contribution is -0.715. The van der Waals surface area contributed by atoms with E-state index in [0.717, 1.165) is 17.3 Å². The van der Waals surface area contributed by atoms with Crippen molar-refractivity contribution in [2.75, 3.05) is 10.6 Å². The van der Waals surface area contributed by atoms with Gasteiger partial charge in [-0.05, 0) is 56.4 Å². The maximum Gasteiger partial charge on any atom is 0.282 e. The number of rotatable bonds is 5.